The van der Waals surface area contributed by atoms with E-state index in [-0.39, 0.29) is 31.3 Å². The Hall–Kier alpha value is -2.23. The topological polar surface area (TPSA) is 38.8 Å². The van der Waals surface area contributed by atoms with E-state index in [9.17, 15) is 31.1 Å². The van der Waals surface area contributed by atoms with Crippen molar-refractivity contribution in [2.45, 2.75) is 57.2 Å². The lowest BCUT2D eigenvalue weighted by atomic mass is 9.88. The van der Waals surface area contributed by atoms with Crippen molar-refractivity contribution in [3.63, 3.8) is 0 Å². The normalized spacial score (nSPS) is 22.6. The monoisotopic (exact) mass is 437 g/mol. The van der Waals surface area contributed by atoms with E-state index in [1.54, 1.807) is 20.8 Å². The first kappa shape index (κ1) is 22.5. The summed E-state index contributed by atoms with van der Waals surface area (Å²) >= 11 is 0. The van der Waals surface area contributed by atoms with Gasteiger partial charge in [0, 0.05) is 0 Å². The molecule has 0 radical (unpaired) electrons. The number of morpholine rings is 1. The zero-order valence-corrected chi connectivity index (χ0v) is 16.5. The maximum Gasteiger partial charge on any atom is 0.416 e. The number of hydrogen-bond acceptors (Lipinski definition) is 3. The van der Waals surface area contributed by atoms with Crippen LogP contribution < -0.4 is 0 Å². The van der Waals surface area contributed by atoms with Crippen molar-refractivity contribution in [2.75, 3.05) is 13.2 Å². The summed E-state index contributed by atoms with van der Waals surface area (Å²) in [6, 6.07) is 0.319. The summed E-state index contributed by atoms with van der Waals surface area (Å²) in [5.74, 6) is 0. The highest BCUT2D eigenvalue weighted by molar-refractivity contribution is 5.75. The van der Waals surface area contributed by atoms with E-state index in [0.717, 1.165) is 0 Å². The maximum atomic E-state index is 13.2. The Morgan fingerprint density at radius 2 is 1.57 bits per heavy atom. The molecule has 1 fully saturated rings. The van der Waals surface area contributed by atoms with Gasteiger partial charge in [-0.25, -0.2) is 4.79 Å². The van der Waals surface area contributed by atoms with Gasteiger partial charge in [-0.3, -0.25) is 4.90 Å². The first-order chi connectivity index (χ1) is 13.6. The van der Waals surface area contributed by atoms with Gasteiger partial charge in [0.1, 0.15) is 5.60 Å². The van der Waals surface area contributed by atoms with E-state index in [1.165, 1.54) is 11.0 Å². The fourth-order valence-corrected chi connectivity index (χ4v) is 3.55. The van der Waals surface area contributed by atoms with Gasteiger partial charge in [0.05, 0.1) is 36.4 Å². The highest BCUT2D eigenvalue weighted by Gasteiger charge is 2.42. The number of fused-ring (bicyclic) bond motifs is 2. The molecule has 1 aromatic rings. The molecule has 0 aliphatic carbocycles. The zero-order chi connectivity index (χ0) is 22.5. The molecule has 10 heteroatoms. The summed E-state index contributed by atoms with van der Waals surface area (Å²) in [5, 5.41) is 0. The van der Waals surface area contributed by atoms with Crippen molar-refractivity contribution >= 4 is 11.7 Å². The molecule has 0 N–H and O–H groups in total. The quantitative estimate of drug-likeness (QED) is 0.544. The van der Waals surface area contributed by atoms with Gasteiger partial charge in [-0.2, -0.15) is 26.3 Å². The van der Waals surface area contributed by atoms with Gasteiger partial charge in [-0.15, -0.1) is 0 Å². The van der Waals surface area contributed by atoms with Crippen molar-refractivity contribution in [1.29, 1.82) is 0 Å². The molecule has 1 aromatic carbocycles. The lowest BCUT2D eigenvalue weighted by molar-refractivity contribution is -0.143. The Morgan fingerprint density at radius 1 is 1.00 bits per heavy atom. The van der Waals surface area contributed by atoms with Crippen LogP contribution in [0.3, 0.4) is 0 Å². The average Bonchev–Trinajstić information content (AvgIpc) is 2.57. The number of ether oxygens (including phenoxy) is 2. The number of amides is 1. The molecule has 0 spiro atoms. The van der Waals surface area contributed by atoms with Crippen LogP contribution in [0.1, 0.15) is 43.9 Å². The largest absolute Gasteiger partial charge is 0.444 e. The molecular formula is C20H21F6NO3. The Kier molecular flexibility index (Phi) is 5.59. The number of benzene rings is 1. The van der Waals surface area contributed by atoms with E-state index < -0.39 is 47.3 Å². The van der Waals surface area contributed by atoms with Crippen LogP contribution in [0.25, 0.3) is 5.57 Å². The molecule has 2 aliphatic heterocycles. The Balaban J connectivity index is 2.00. The van der Waals surface area contributed by atoms with E-state index in [1.807, 2.05) is 0 Å². The minimum atomic E-state index is -4.92. The highest BCUT2D eigenvalue weighted by Crippen LogP contribution is 2.40. The minimum Gasteiger partial charge on any atom is -0.444 e. The third-order valence-electron chi connectivity index (χ3n) is 4.76. The van der Waals surface area contributed by atoms with Crippen LogP contribution in [-0.2, 0) is 21.8 Å². The number of carbonyl (C=O) groups excluding carboxylic acids is 1. The van der Waals surface area contributed by atoms with Crippen LogP contribution in [0.4, 0.5) is 31.1 Å². The fraction of sp³-hybridized carbons (Fsp3) is 0.550. The predicted molar refractivity (Wildman–Crippen MR) is 95.5 cm³/mol. The van der Waals surface area contributed by atoms with Gasteiger partial charge in [0.15, 0.2) is 0 Å². The lowest BCUT2D eigenvalue weighted by Gasteiger charge is -2.44. The van der Waals surface area contributed by atoms with Gasteiger partial charge in [0.2, 0.25) is 0 Å². The summed E-state index contributed by atoms with van der Waals surface area (Å²) < 4.78 is 89.9. The molecule has 2 aliphatic rings. The van der Waals surface area contributed by atoms with Crippen LogP contribution in [0, 0.1) is 0 Å². The van der Waals surface area contributed by atoms with E-state index in [0.29, 0.717) is 17.7 Å². The Morgan fingerprint density at radius 3 is 2.03 bits per heavy atom. The molecular weight excluding hydrogens is 416 g/mol. The second-order valence-corrected chi connectivity index (χ2v) is 8.34. The molecule has 1 amide bonds. The number of nitrogens with zero attached hydrogens (tertiary/aromatic N) is 1. The summed E-state index contributed by atoms with van der Waals surface area (Å²) in [7, 11) is 0. The van der Waals surface area contributed by atoms with Crippen LogP contribution in [0.5, 0.6) is 0 Å². The number of rotatable bonds is 1. The van der Waals surface area contributed by atoms with E-state index in [4.69, 9.17) is 9.47 Å². The summed E-state index contributed by atoms with van der Waals surface area (Å²) in [4.78, 5) is 14.0. The average molecular weight is 437 g/mol. The van der Waals surface area contributed by atoms with Gasteiger partial charge in [-0.1, -0.05) is 6.08 Å². The Labute approximate surface area is 169 Å². The molecule has 4 nitrogen and oxygen atoms in total. The first-order valence-electron chi connectivity index (χ1n) is 9.25. The number of halogens is 6. The highest BCUT2D eigenvalue weighted by atomic mass is 19.4. The van der Waals surface area contributed by atoms with Crippen LogP contribution >= 0.6 is 0 Å². The molecule has 30 heavy (non-hydrogen) atoms. The summed E-state index contributed by atoms with van der Waals surface area (Å²) in [6.45, 7) is 5.28. The molecule has 3 rings (SSSR count). The molecule has 2 atom stereocenters. The number of hydrogen-bond donors (Lipinski definition) is 0. The van der Waals surface area contributed by atoms with Gasteiger partial charge in [-0.05, 0) is 56.5 Å². The van der Waals surface area contributed by atoms with Gasteiger partial charge in [0.25, 0.3) is 0 Å². The third-order valence-corrected chi connectivity index (χ3v) is 4.76. The standard InChI is InChI=1S/C20H21F6NO3/c1-18(2,3)30-17(28)27-15-6-12(7-16(27)10-29-9-15)11-4-13(19(21,22)23)8-14(5-11)20(24,25)26/h4-6,8,15-16H,7,9-10H2,1-3H3. The minimum absolute atomic E-state index is 0.0500. The van der Waals surface area contributed by atoms with Gasteiger partial charge >= 0.3 is 18.4 Å². The van der Waals surface area contributed by atoms with Gasteiger partial charge < -0.3 is 9.47 Å². The summed E-state index contributed by atoms with van der Waals surface area (Å²) in [6.07, 6.45) is -8.92. The smallest absolute Gasteiger partial charge is 0.416 e. The van der Waals surface area contributed by atoms with E-state index >= 15 is 0 Å². The second kappa shape index (κ2) is 7.47. The van der Waals surface area contributed by atoms with Crippen molar-refractivity contribution < 1.29 is 40.6 Å². The van der Waals surface area contributed by atoms with Crippen molar-refractivity contribution in [1.82, 2.24) is 4.90 Å². The lowest BCUT2D eigenvalue weighted by Crippen LogP contribution is -2.57. The van der Waals surface area contributed by atoms with Crippen molar-refractivity contribution in [2.24, 2.45) is 0 Å². The second-order valence-electron chi connectivity index (χ2n) is 8.34. The SMILES string of the molecule is CC(C)(C)OC(=O)N1C2C=C(c3cc(C(F)(F)F)cc(C(F)(F)F)c3)CC1COC2. The molecule has 0 saturated carbocycles. The molecule has 0 aromatic heterocycles. The molecule has 166 valence electrons. The van der Waals surface area contributed by atoms with Crippen LogP contribution in [-0.4, -0.2) is 41.9 Å². The third kappa shape index (κ3) is 4.91. The molecule has 2 heterocycles. The first-order valence-corrected chi connectivity index (χ1v) is 9.25. The molecule has 2 bridgehead atoms. The van der Waals surface area contributed by atoms with Crippen molar-refractivity contribution in [3.05, 3.63) is 41.0 Å². The van der Waals surface area contributed by atoms with Crippen LogP contribution in [0.2, 0.25) is 0 Å². The maximum absolute atomic E-state index is 13.2. The predicted octanol–water partition coefficient (Wildman–Crippen LogP) is 5.52. The summed E-state index contributed by atoms with van der Waals surface area (Å²) in [5.41, 5.74) is -3.35. The molecule has 2 unspecified atom stereocenters. The number of carbonyl (C=O) groups is 1. The Bertz CT molecular complexity index is 821. The zero-order valence-electron chi connectivity index (χ0n) is 16.5. The molecule has 1 saturated heterocycles. The number of alkyl halides is 6. The van der Waals surface area contributed by atoms with E-state index in [2.05, 4.69) is 0 Å². The van der Waals surface area contributed by atoms with Crippen molar-refractivity contribution in [3.8, 4) is 0 Å². The van der Waals surface area contributed by atoms with Crippen LogP contribution in [0.15, 0.2) is 24.3 Å². The fourth-order valence-electron chi connectivity index (χ4n) is 3.55.